The van der Waals surface area contributed by atoms with Crippen molar-refractivity contribution in [3.8, 4) is 0 Å². The lowest BCUT2D eigenvalue weighted by molar-refractivity contribution is -0.669. The van der Waals surface area contributed by atoms with E-state index < -0.39 is 0 Å². The van der Waals surface area contributed by atoms with Gasteiger partial charge in [-0.05, 0) is 6.07 Å². The second-order valence-electron chi connectivity index (χ2n) is 1.10. The zero-order valence-electron chi connectivity index (χ0n) is 4.02. The molecule has 1 rings (SSSR count). The van der Waals surface area contributed by atoms with E-state index in [2.05, 4.69) is 5.10 Å². The zero-order valence-corrected chi connectivity index (χ0v) is 4.84. The molecule has 0 saturated heterocycles. The molecule has 1 heterocycles. The summed E-state index contributed by atoms with van der Waals surface area (Å²) in [6, 6.07) is 3.31. The molecule has 3 nitrogen and oxygen atoms in total. The quantitative estimate of drug-likeness (QED) is 0.372. The molecule has 0 unspecified atom stereocenters. The van der Waals surface area contributed by atoms with Gasteiger partial charge in [-0.25, -0.2) is 0 Å². The molecule has 1 aromatic heterocycles. The SMILES string of the molecule is Cl.[O-][n+]1ccccn1. The van der Waals surface area contributed by atoms with Crippen molar-refractivity contribution in [1.29, 1.82) is 0 Å². The van der Waals surface area contributed by atoms with Crippen molar-refractivity contribution >= 4 is 12.4 Å². The van der Waals surface area contributed by atoms with Crippen LogP contribution in [0.2, 0.25) is 0 Å². The van der Waals surface area contributed by atoms with Crippen molar-refractivity contribution in [2.24, 2.45) is 0 Å². The lowest BCUT2D eigenvalue weighted by Crippen LogP contribution is -2.28. The fraction of sp³-hybridized carbons (Fsp3) is 0. The minimum absolute atomic E-state index is 0. The molecule has 4 heteroatoms. The summed E-state index contributed by atoms with van der Waals surface area (Å²) < 4.78 is 0. The third-order valence-corrected chi connectivity index (χ3v) is 0.591. The van der Waals surface area contributed by atoms with Crippen LogP contribution in [0.25, 0.3) is 0 Å². The number of nitrogens with zero attached hydrogens (tertiary/aromatic N) is 2. The highest BCUT2D eigenvalue weighted by molar-refractivity contribution is 5.85. The van der Waals surface area contributed by atoms with Crippen LogP contribution in [0, 0.1) is 5.21 Å². The third-order valence-electron chi connectivity index (χ3n) is 0.591. The van der Waals surface area contributed by atoms with Gasteiger partial charge in [0.15, 0.2) is 0 Å². The monoisotopic (exact) mass is 132 g/mol. The maximum Gasteiger partial charge on any atom is 0.209 e. The Morgan fingerprint density at radius 1 is 1.38 bits per heavy atom. The molecule has 0 radical (unpaired) electrons. The summed E-state index contributed by atoms with van der Waals surface area (Å²) in [5, 5.41) is 13.4. The van der Waals surface area contributed by atoms with Crippen LogP contribution in [0.15, 0.2) is 24.5 Å². The number of rotatable bonds is 0. The lowest BCUT2D eigenvalue weighted by Gasteiger charge is -1.84. The third kappa shape index (κ3) is 1.75. The summed E-state index contributed by atoms with van der Waals surface area (Å²) in [5.74, 6) is 0. The fourth-order valence-corrected chi connectivity index (χ4v) is 0.316. The van der Waals surface area contributed by atoms with Gasteiger partial charge in [0.05, 0.1) is 6.20 Å². The number of hydrogen-bond acceptors (Lipinski definition) is 2. The van der Waals surface area contributed by atoms with Gasteiger partial charge in [-0.15, -0.1) is 12.4 Å². The molecule has 8 heavy (non-hydrogen) atoms. The van der Waals surface area contributed by atoms with Crippen LogP contribution < -0.4 is 4.85 Å². The Labute approximate surface area is 53.0 Å². The van der Waals surface area contributed by atoms with Crippen LogP contribution in [0.3, 0.4) is 0 Å². The number of halogens is 1. The predicted octanol–water partition coefficient (Wildman–Crippen LogP) is 0.137. The minimum Gasteiger partial charge on any atom is -0.594 e. The van der Waals surface area contributed by atoms with Crippen LogP contribution in [0.4, 0.5) is 0 Å². The highest BCUT2D eigenvalue weighted by Crippen LogP contribution is 1.66. The molecule has 0 aliphatic carbocycles. The van der Waals surface area contributed by atoms with Crippen LogP contribution in [0.5, 0.6) is 0 Å². The van der Waals surface area contributed by atoms with Crippen molar-refractivity contribution in [3.05, 3.63) is 29.7 Å². The molecule has 0 bridgehead atoms. The maximum absolute atomic E-state index is 10.1. The molecule has 0 fully saturated rings. The lowest BCUT2D eigenvalue weighted by atomic mass is 10.6. The molecular weight excluding hydrogens is 128 g/mol. The number of hydrogen-bond donors (Lipinski definition) is 0. The van der Waals surface area contributed by atoms with Gasteiger partial charge in [0, 0.05) is 11.2 Å². The number of aromatic nitrogens is 2. The van der Waals surface area contributed by atoms with Gasteiger partial charge in [0.25, 0.3) is 0 Å². The van der Waals surface area contributed by atoms with E-state index in [0.29, 0.717) is 4.85 Å². The topological polar surface area (TPSA) is 39.8 Å². The zero-order chi connectivity index (χ0) is 5.11. The van der Waals surface area contributed by atoms with Crippen molar-refractivity contribution in [3.63, 3.8) is 0 Å². The fourth-order valence-electron chi connectivity index (χ4n) is 0.316. The van der Waals surface area contributed by atoms with Gasteiger partial charge in [-0.1, -0.05) is 4.85 Å². The Morgan fingerprint density at radius 2 is 2.12 bits per heavy atom. The van der Waals surface area contributed by atoms with Crippen LogP contribution in [-0.2, 0) is 0 Å². The van der Waals surface area contributed by atoms with Gasteiger partial charge >= 0.3 is 0 Å². The molecule has 1 aromatic rings. The first-order valence-electron chi connectivity index (χ1n) is 1.90. The molecular formula is C4H5ClN2O. The summed E-state index contributed by atoms with van der Waals surface area (Å²) in [4.78, 5) is 0.500. The van der Waals surface area contributed by atoms with Crippen molar-refractivity contribution in [2.45, 2.75) is 0 Å². The predicted molar refractivity (Wildman–Crippen MR) is 30.4 cm³/mol. The Morgan fingerprint density at radius 3 is 2.38 bits per heavy atom. The van der Waals surface area contributed by atoms with E-state index in [1.54, 1.807) is 12.1 Å². The van der Waals surface area contributed by atoms with Crippen LogP contribution >= 0.6 is 12.4 Å². The van der Waals surface area contributed by atoms with E-state index in [-0.39, 0.29) is 12.4 Å². The highest BCUT2D eigenvalue weighted by atomic mass is 35.5. The second kappa shape index (κ2) is 3.21. The van der Waals surface area contributed by atoms with E-state index in [9.17, 15) is 5.21 Å². The van der Waals surface area contributed by atoms with Crippen molar-refractivity contribution < 1.29 is 4.85 Å². The van der Waals surface area contributed by atoms with Crippen LogP contribution in [0.1, 0.15) is 0 Å². The van der Waals surface area contributed by atoms with Gasteiger partial charge in [-0.3, -0.25) is 0 Å². The van der Waals surface area contributed by atoms with E-state index in [4.69, 9.17) is 0 Å². The largest absolute Gasteiger partial charge is 0.594 e. The van der Waals surface area contributed by atoms with E-state index >= 15 is 0 Å². The Bertz CT molecular complexity index is 144. The van der Waals surface area contributed by atoms with Crippen molar-refractivity contribution in [1.82, 2.24) is 5.10 Å². The first kappa shape index (κ1) is 7.17. The molecule has 0 saturated carbocycles. The van der Waals surface area contributed by atoms with Crippen LogP contribution in [-0.4, -0.2) is 5.10 Å². The van der Waals surface area contributed by atoms with Gasteiger partial charge < -0.3 is 5.21 Å². The van der Waals surface area contributed by atoms with E-state index in [1.807, 2.05) is 0 Å². The first-order valence-corrected chi connectivity index (χ1v) is 1.90. The average Bonchev–Trinajstić information content (AvgIpc) is 1.69. The Hall–Kier alpha value is -0.830. The average molecular weight is 133 g/mol. The normalized spacial score (nSPS) is 7.50. The van der Waals surface area contributed by atoms with Gasteiger partial charge in [-0.2, -0.15) is 0 Å². The van der Waals surface area contributed by atoms with E-state index in [1.165, 1.54) is 12.4 Å². The van der Waals surface area contributed by atoms with Gasteiger partial charge in [0.1, 0.15) is 0 Å². The molecule has 0 atom stereocenters. The molecule has 0 spiro atoms. The Kier molecular flexibility index (Phi) is 2.88. The molecule has 0 amide bonds. The molecule has 0 aliphatic heterocycles. The summed E-state index contributed by atoms with van der Waals surface area (Å²) in [5.41, 5.74) is 0. The summed E-state index contributed by atoms with van der Waals surface area (Å²) >= 11 is 0. The second-order valence-corrected chi connectivity index (χ2v) is 1.10. The Balaban J connectivity index is 0.000000490. The van der Waals surface area contributed by atoms with Crippen molar-refractivity contribution in [2.75, 3.05) is 0 Å². The summed E-state index contributed by atoms with van der Waals surface area (Å²) in [6.07, 6.45) is 2.77. The molecule has 0 aliphatic rings. The molecule has 44 valence electrons. The highest BCUT2D eigenvalue weighted by Gasteiger charge is 1.76. The van der Waals surface area contributed by atoms with Gasteiger partial charge in [0.2, 0.25) is 6.20 Å². The minimum atomic E-state index is 0. The first-order chi connectivity index (χ1) is 3.39. The molecule has 0 N–H and O–H groups in total. The smallest absolute Gasteiger partial charge is 0.209 e. The van der Waals surface area contributed by atoms with E-state index in [0.717, 1.165) is 0 Å². The molecule has 0 aromatic carbocycles. The summed E-state index contributed by atoms with van der Waals surface area (Å²) in [6.45, 7) is 0. The maximum atomic E-state index is 10.1. The standard InChI is InChI=1S/C4H4N2O.ClH/c7-6-4-2-1-3-5-6;/h1-4H;1H. The summed E-state index contributed by atoms with van der Waals surface area (Å²) in [7, 11) is 0.